The fourth-order valence-corrected chi connectivity index (χ4v) is 2.79. The van der Waals surface area contributed by atoms with E-state index in [1.54, 1.807) is 0 Å². The van der Waals surface area contributed by atoms with E-state index in [1.807, 2.05) is 0 Å². The van der Waals surface area contributed by atoms with Crippen molar-refractivity contribution in [2.24, 2.45) is 0 Å². The second-order valence-electron chi connectivity index (χ2n) is 5.56. The van der Waals surface area contributed by atoms with Gasteiger partial charge >= 0.3 is 0 Å². The number of rotatable bonds is 4. The summed E-state index contributed by atoms with van der Waals surface area (Å²) in [6.07, 6.45) is 0. The molecule has 3 heteroatoms. The van der Waals surface area contributed by atoms with E-state index in [0.717, 1.165) is 26.2 Å². The van der Waals surface area contributed by atoms with Gasteiger partial charge in [-0.1, -0.05) is 36.4 Å². The maximum Gasteiger partial charge on any atom is 0.0485 e. The Morgan fingerprint density at radius 2 is 1.76 bits per heavy atom. The van der Waals surface area contributed by atoms with Crippen LogP contribution < -0.4 is 15.5 Å². The minimum Gasteiger partial charge on any atom is -0.378 e. The molecule has 1 fully saturated rings. The summed E-state index contributed by atoms with van der Waals surface area (Å²) in [7, 11) is 0. The lowest BCUT2D eigenvalue weighted by atomic mass is 10.1. The van der Waals surface area contributed by atoms with Gasteiger partial charge in [-0.15, -0.1) is 0 Å². The van der Waals surface area contributed by atoms with Gasteiger partial charge in [-0.3, -0.25) is 0 Å². The number of hydrogen-bond acceptors (Lipinski definition) is 3. The zero-order chi connectivity index (χ0) is 14.5. The third-order valence-electron chi connectivity index (χ3n) is 4.01. The first-order valence-electron chi connectivity index (χ1n) is 7.70. The van der Waals surface area contributed by atoms with Gasteiger partial charge in [0.1, 0.15) is 0 Å². The smallest absolute Gasteiger partial charge is 0.0485 e. The summed E-state index contributed by atoms with van der Waals surface area (Å²) < 4.78 is 0. The Bertz CT molecular complexity index is 562. The average Bonchev–Trinajstić information content (AvgIpc) is 2.57. The van der Waals surface area contributed by atoms with E-state index in [2.05, 4.69) is 77.1 Å². The van der Waals surface area contributed by atoms with Crippen LogP contribution in [0.2, 0.25) is 0 Å². The molecule has 1 aliphatic rings. The Balaban J connectivity index is 1.71. The van der Waals surface area contributed by atoms with E-state index in [4.69, 9.17) is 0 Å². The minimum absolute atomic E-state index is 0.310. The van der Waals surface area contributed by atoms with Crippen molar-refractivity contribution in [2.45, 2.75) is 13.0 Å². The largest absolute Gasteiger partial charge is 0.378 e. The average molecular weight is 281 g/mol. The van der Waals surface area contributed by atoms with Crippen LogP contribution in [0, 0.1) is 0 Å². The molecule has 2 N–H and O–H groups in total. The lowest BCUT2D eigenvalue weighted by Gasteiger charge is -2.30. The van der Waals surface area contributed by atoms with Crippen molar-refractivity contribution in [3.8, 4) is 0 Å². The van der Waals surface area contributed by atoms with Crippen LogP contribution >= 0.6 is 0 Å². The van der Waals surface area contributed by atoms with E-state index in [0.29, 0.717) is 6.04 Å². The molecule has 1 atom stereocenters. The highest BCUT2D eigenvalue weighted by atomic mass is 15.2. The first kappa shape index (κ1) is 14.0. The van der Waals surface area contributed by atoms with E-state index in [9.17, 15) is 0 Å². The SMILES string of the molecule is CC(Nc1cccc(N2CCNCC2)c1)c1ccccc1. The third kappa shape index (κ3) is 3.56. The highest BCUT2D eigenvalue weighted by Gasteiger charge is 2.11. The lowest BCUT2D eigenvalue weighted by Crippen LogP contribution is -2.43. The minimum atomic E-state index is 0.310. The molecule has 1 unspecified atom stereocenters. The fourth-order valence-electron chi connectivity index (χ4n) is 2.79. The lowest BCUT2D eigenvalue weighted by molar-refractivity contribution is 0.589. The van der Waals surface area contributed by atoms with Crippen LogP contribution in [0.4, 0.5) is 11.4 Å². The van der Waals surface area contributed by atoms with Gasteiger partial charge in [-0.25, -0.2) is 0 Å². The summed E-state index contributed by atoms with van der Waals surface area (Å²) in [5.41, 5.74) is 3.80. The molecule has 1 heterocycles. The molecule has 0 spiro atoms. The predicted molar refractivity (Wildman–Crippen MR) is 90.0 cm³/mol. The molecule has 21 heavy (non-hydrogen) atoms. The monoisotopic (exact) mass is 281 g/mol. The van der Waals surface area contributed by atoms with Gasteiger partial charge in [0.15, 0.2) is 0 Å². The third-order valence-corrected chi connectivity index (χ3v) is 4.01. The van der Waals surface area contributed by atoms with Crippen molar-refractivity contribution in [3.05, 3.63) is 60.2 Å². The number of piperazine rings is 1. The van der Waals surface area contributed by atoms with Crippen molar-refractivity contribution in [1.82, 2.24) is 5.32 Å². The van der Waals surface area contributed by atoms with Gasteiger partial charge in [0.2, 0.25) is 0 Å². The highest BCUT2D eigenvalue weighted by Crippen LogP contribution is 2.23. The van der Waals surface area contributed by atoms with Crippen LogP contribution in [0.1, 0.15) is 18.5 Å². The quantitative estimate of drug-likeness (QED) is 0.900. The van der Waals surface area contributed by atoms with E-state index < -0.39 is 0 Å². The first-order valence-corrected chi connectivity index (χ1v) is 7.70. The zero-order valence-corrected chi connectivity index (χ0v) is 12.5. The molecule has 1 aliphatic heterocycles. The molecular formula is C18H23N3. The molecule has 3 nitrogen and oxygen atoms in total. The molecule has 2 aromatic rings. The number of nitrogens with zero attached hydrogens (tertiary/aromatic N) is 1. The zero-order valence-electron chi connectivity index (χ0n) is 12.5. The van der Waals surface area contributed by atoms with Crippen LogP contribution in [0.3, 0.4) is 0 Å². The molecule has 2 aromatic carbocycles. The molecule has 0 aromatic heterocycles. The van der Waals surface area contributed by atoms with Crippen molar-refractivity contribution < 1.29 is 0 Å². The van der Waals surface area contributed by atoms with Crippen LogP contribution in [-0.2, 0) is 0 Å². The maximum absolute atomic E-state index is 3.60. The van der Waals surface area contributed by atoms with Crippen LogP contribution in [0.5, 0.6) is 0 Å². The van der Waals surface area contributed by atoms with Gasteiger partial charge < -0.3 is 15.5 Å². The number of hydrogen-bond donors (Lipinski definition) is 2. The number of benzene rings is 2. The second-order valence-corrected chi connectivity index (χ2v) is 5.56. The van der Waals surface area contributed by atoms with Crippen molar-refractivity contribution in [3.63, 3.8) is 0 Å². The molecular weight excluding hydrogens is 258 g/mol. The van der Waals surface area contributed by atoms with Crippen molar-refractivity contribution >= 4 is 11.4 Å². The van der Waals surface area contributed by atoms with Crippen LogP contribution in [0.15, 0.2) is 54.6 Å². The molecule has 3 rings (SSSR count). The van der Waals surface area contributed by atoms with Crippen LogP contribution in [0.25, 0.3) is 0 Å². The molecule has 1 saturated heterocycles. The van der Waals surface area contributed by atoms with E-state index in [-0.39, 0.29) is 0 Å². The number of anilines is 2. The molecule has 0 bridgehead atoms. The summed E-state index contributed by atoms with van der Waals surface area (Å²) in [6, 6.07) is 19.6. The number of nitrogens with one attached hydrogen (secondary N) is 2. The van der Waals surface area contributed by atoms with Gasteiger partial charge in [0.25, 0.3) is 0 Å². The summed E-state index contributed by atoms with van der Waals surface area (Å²) in [5.74, 6) is 0. The Morgan fingerprint density at radius 3 is 2.52 bits per heavy atom. The van der Waals surface area contributed by atoms with Crippen molar-refractivity contribution in [1.29, 1.82) is 0 Å². The summed E-state index contributed by atoms with van der Waals surface area (Å²) in [4.78, 5) is 2.44. The second kappa shape index (κ2) is 6.64. The van der Waals surface area contributed by atoms with Gasteiger partial charge in [-0.05, 0) is 30.7 Å². The molecule has 0 aliphatic carbocycles. The van der Waals surface area contributed by atoms with Crippen LogP contribution in [-0.4, -0.2) is 26.2 Å². The Morgan fingerprint density at radius 1 is 1.00 bits per heavy atom. The Hall–Kier alpha value is -2.00. The fraction of sp³-hybridized carbons (Fsp3) is 0.333. The van der Waals surface area contributed by atoms with Gasteiger partial charge in [0, 0.05) is 43.6 Å². The van der Waals surface area contributed by atoms with Crippen molar-refractivity contribution in [2.75, 3.05) is 36.4 Å². The molecule has 0 radical (unpaired) electrons. The standard InChI is InChI=1S/C18H23N3/c1-15(16-6-3-2-4-7-16)20-17-8-5-9-18(14-17)21-12-10-19-11-13-21/h2-9,14-15,19-20H,10-13H2,1H3. The highest BCUT2D eigenvalue weighted by molar-refractivity contribution is 5.59. The molecule has 0 saturated carbocycles. The normalized spacial score (nSPS) is 16.5. The summed E-state index contributed by atoms with van der Waals surface area (Å²) in [5, 5.41) is 6.99. The summed E-state index contributed by atoms with van der Waals surface area (Å²) >= 11 is 0. The maximum atomic E-state index is 3.60. The topological polar surface area (TPSA) is 27.3 Å². The van der Waals surface area contributed by atoms with Gasteiger partial charge in [-0.2, -0.15) is 0 Å². The first-order chi connectivity index (χ1) is 10.3. The predicted octanol–water partition coefficient (Wildman–Crippen LogP) is 3.27. The van der Waals surface area contributed by atoms with E-state index >= 15 is 0 Å². The summed E-state index contributed by atoms with van der Waals surface area (Å²) in [6.45, 7) is 6.50. The Labute approximate surface area is 127 Å². The molecule has 110 valence electrons. The Kier molecular flexibility index (Phi) is 4.41. The van der Waals surface area contributed by atoms with E-state index in [1.165, 1.54) is 16.9 Å². The van der Waals surface area contributed by atoms with Gasteiger partial charge in [0.05, 0.1) is 0 Å². The molecule has 0 amide bonds.